The van der Waals surface area contributed by atoms with Crippen LogP contribution in [0.4, 0.5) is 5.95 Å². The molecule has 9 nitrogen and oxygen atoms in total. The van der Waals surface area contributed by atoms with Gasteiger partial charge in [0.25, 0.3) is 0 Å². The van der Waals surface area contributed by atoms with Gasteiger partial charge in [0.05, 0.1) is 21.3 Å². The topological polar surface area (TPSA) is 108 Å². The maximum Gasteiger partial charge on any atom is 0.226 e. The lowest BCUT2D eigenvalue weighted by Crippen LogP contribution is -2.33. The van der Waals surface area contributed by atoms with Crippen LogP contribution in [0.1, 0.15) is 35.9 Å². The number of nitrogens with one attached hydrogen (secondary N) is 1. The van der Waals surface area contributed by atoms with Crippen molar-refractivity contribution in [1.29, 1.82) is 0 Å². The molecule has 0 bridgehead atoms. The van der Waals surface area contributed by atoms with Crippen LogP contribution in [0.25, 0.3) is 0 Å². The molecule has 170 valence electrons. The van der Waals surface area contributed by atoms with Gasteiger partial charge in [-0.1, -0.05) is 12.1 Å². The average Bonchev–Trinajstić information content (AvgIpc) is 3.29. The number of aromatic nitrogens is 3. The monoisotopic (exact) mass is 448 g/mol. The van der Waals surface area contributed by atoms with Gasteiger partial charge >= 0.3 is 0 Å². The minimum Gasteiger partial charge on any atom is -0.508 e. The summed E-state index contributed by atoms with van der Waals surface area (Å²) in [7, 11) is 4.71. The van der Waals surface area contributed by atoms with Crippen molar-refractivity contribution in [2.75, 3.05) is 26.6 Å². The number of hydrogen-bond acceptors (Lipinski definition) is 8. The van der Waals surface area contributed by atoms with E-state index < -0.39 is 6.04 Å². The summed E-state index contributed by atoms with van der Waals surface area (Å²) in [5.74, 6) is 2.22. The number of carbonyl (C=O) groups is 1. The predicted octanol–water partition coefficient (Wildman–Crippen LogP) is 3.43. The maximum absolute atomic E-state index is 13.5. The Bertz CT molecular complexity index is 1240. The van der Waals surface area contributed by atoms with E-state index in [1.807, 2.05) is 18.2 Å². The Kier molecular flexibility index (Phi) is 5.16. The largest absolute Gasteiger partial charge is 0.508 e. The Morgan fingerprint density at radius 1 is 1.03 bits per heavy atom. The maximum atomic E-state index is 13.5. The third-order valence-electron chi connectivity index (χ3n) is 6.21. The number of ether oxygens (including phenoxy) is 3. The second-order valence-corrected chi connectivity index (χ2v) is 8.03. The predicted molar refractivity (Wildman–Crippen MR) is 120 cm³/mol. The van der Waals surface area contributed by atoms with E-state index in [-0.39, 0.29) is 17.5 Å². The number of phenols is 1. The number of nitrogens with zero attached hydrogens (tertiary/aromatic N) is 3. The van der Waals surface area contributed by atoms with Gasteiger partial charge < -0.3 is 24.6 Å². The summed E-state index contributed by atoms with van der Waals surface area (Å²) in [4.78, 5) is 17.9. The van der Waals surface area contributed by atoms with E-state index >= 15 is 0 Å². The van der Waals surface area contributed by atoms with Gasteiger partial charge in [-0.05, 0) is 47.7 Å². The van der Waals surface area contributed by atoms with Crippen molar-refractivity contribution in [2.45, 2.75) is 24.8 Å². The van der Waals surface area contributed by atoms with Crippen LogP contribution in [0.2, 0.25) is 0 Å². The lowest BCUT2D eigenvalue weighted by Gasteiger charge is -2.35. The second kappa shape index (κ2) is 8.16. The smallest absolute Gasteiger partial charge is 0.226 e. The number of rotatable bonds is 5. The van der Waals surface area contributed by atoms with Crippen LogP contribution in [-0.4, -0.2) is 47.0 Å². The molecule has 2 atom stereocenters. The zero-order valence-corrected chi connectivity index (χ0v) is 18.5. The van der Waals surface area contributed by atoms with Crippen LogP contribution in [0, 0.1) is 0 Å². The van der Waals surface area contributed by atoms with E-state index in [2.05, 4.69) is 15.4 Å². The highest BCUT2D eigenvalue weighted by Gasteiger charge is 2.39. The van der Waals surface area contributed by atoms with E-state index in [9.17, 15) is 9.90 Å². The Morgan fingerprint density at radius 2 is 1.79 bits per heavy atom. The van der Waals surface area contributed by atoms with Crippen molar-refractivity contribution < 1.29 is 24.1 Å². The average molecular weight is 448 g/mol. The normalized spacial score (nSPS) is 19.4. The van der Waals surface area contributed by atoms with E-state index in [0.717, 1.165) is 16.8 Å². The molecule has 0 unspecified atom stereocenters. The van der Waals surface area contributed by atoms with Crippen molar-refractivity contribution >= 4 is 11.7 Å². The molecule has 1 aliphatic heterocycles. The molecule has 2 aliphatic rings. The molecule has 2 N–H and O–H groups in total. The minimum absolute atomic E-state index is 0.0111. The Morgan fingerprint density at radius 3 is 2.45 bits per heavy atom. The van der Waals surface area contributed by atoms with Gasteiger partial charge in [-0.15, -0.1) is 0 Å². The lowest BCUT2D eigenvalue weighted by atomic mass is 9.77. The summed E-state index contributed by atoms with van der Waals surface area (Å²) < 4.78 is 18.1. The first kappa shape index (κ1) is 20.9. The molecule has 0 saturated heterocycles. The van der Waals surface area contributed by atoms with Crippen molar-refractivity contribution in [2.24, 2.45) is 0 Å². The molecule has 2 heterocycles. The highest BCUT2D eigenvalue weighted by molar-refractivity contribution is 6.00. The first-order valence-corrected chi connectivity index (χ1v) is 10.6. The van der Waals surface area contributed by atoms with Crippen molar-refractivity contribution in [1.82, 2.24) is 14.8 Å². The SMILES string of the molecule is COc1cc([C@@H]2CC(=O)C3=C(C2)Nc2ncnn2[C@H]3c2cccc(O)c2)cc(OC)c1OC. The zero-order valence-electron chi connectivity index (χ0n) is 18.5. The first-order chi connectivity index (χ1) is 16.0. The fourth-order valence-corrected chi connectivity index (χ4v) is 4.73. The van der Waals surface area contributed by atoms with Crippen molar-refractivity contribution in [3.63, 3.8) is 0 Å². The fraction of sp³-hybridized carbons (Fsp3) is 0.292. The molecule has 1 aromatic heterocycles. The van der Waals surface area contributed by atoms with E-state index in [1.165, 1.54) is 6.33 Å². The third-order valence-corrected chi connectivity index (χ3v) is 6.21. The molecule has 0 amide bonds. The number of Topliss-reactive ketones (excluding diaryl/α,β-unsaturated/α-hetero) is 1. The van der Waals surface area contributed by atoms with Crippen LogP contribution in [0.5, 0.6) is 23.0 Å². The molecular weight excluding hydrogens is 424 g/mol. The number of allylic oxidation sites excluding steroid dienone is 2. The van der Waals surface area contributed by atoms with Crippen LogP contribution in [0.3, 0.4) is 0 Å². The highest BCUT2D eigenvalue weighted by atomic mass is 16.5. The van der Waals surface area contributed by atoms with Crippen LogP contribution < -0.4 is 19.5 Å². The summed E-state index contributed by atoms with van der Waals surface area (Å²) >= 11 is 0. The minimum atomic E-state index is -0.459. The van der Waals surface area contributed by atoms with Gasteiger partial charge in [0.1, 0.15) is 18.1 Å². The molecule has 0 spiro atoms. The van der Waals surface area contributed by atoms with Gasteiger partial charge in [-0.3, -0.25) is 4.79 Å². The molecule has 0 saturated carbocycles. The van der Waals surface area contributed by atoms with Crippen molar-refractivity contribution in [3.8, 4) is 23.0 Å². The molecule has 1 aliphatic carbocycles. The fourth-order valence-electron chi connectivity index (χ4n) is 4.73. The number of anilines is 1. The molecule has 2 aromatic carbocycles. The Labute approximate surface area is 190 Å². The van der Waals surface area contributed by atoms with E-state index in [1.54, 1.807) is 44.2 Å². The molecule has 9 heteroatoms. The summed E-state index contributed by atoms with van der Waals surface area (Å²) in [6.45, 7) is 0. The van der Waals surface area contributed by atoms with Crippen LogP contribution in [0.15, 0.2) is 54.0 Å². The summed E-state index contributed by atoms with van der Waals surface area (Å²) in [5, 5.41) is 17.7. The number of methoxy groups -OCH3 is 3. The number of aromatic hydroxyl groups is 1. The molecule has 0 radical (unpaired) electrons. The number of phenolic OH excluding ortho intramolecular Hbond substituents is 1. The number of carbonyl (C=O) groups excluding carboxylic acids is 1. The standard InChI is InChI=1S/C24H24N4O5/c1-31-19-10-15(11-20(32-2)23(19)33-3)14-8-17-21(18(30)9-14)22(13-5-4-6-16(29)7-13)28-24(27-17)25-12-26-28/h4-7,10-12,14,22,29H,8-9H2,1-3H3,(H,25,26,27)/t14-,22-/m0/s1. The molecule has 5 rings (SSSR count). The van der Waals surface area contributed by atoms with Gasteiger partial charge in [-0.2, -0.15) is 10.1 Å². The van der Waals surface area contributed by atoms with E-state index in [0.29, 0.717) is 41.6 Å². The van der Waals surface area contributed by atoms with Gasteiger partial charge in [0, 0.05) is 17.7 Å². The summed E-state index contributed by atoms with van der Waals surface area (Å²) in [5.41, 5.74) is 3.14. The Hall–Kier alpha value is -4.01. The third kappa shape index (κ3) is 3.45. The second-order valence-electron chi connectivity index (χ2n) is 8.03. The van der Waals surface area contributed by atoms with Gasteiger partial charge in [-0.25, -0.2) is 4.68 Å². The molecular formula is C24H24N4O5. The molecule has 33 heavy (non-hydrogen) atoms. The quantitative estimate of drug-likeness (QED) is 0.611. The molecule has 3 aromatic rings. The van der Waals surface area contributed by atoms with Crippen LogP contribution >= 0.6 is 0 Å². The van der Waals surface area contributed by atoms with Gasteiger partial charge in [0.2, 0.25) is 11.7 Å². The Balaban J connectivity index is 1.58. The van der Waals surface area contributed by atoms with Crippen LogP contribution in [-0.2, 0) is 4.79 Å². The number of fused-ring (bicyclic) bond motifs is 1. The number of benzene rings is 2. The number of ketones is 1. The van der Waals surface area contributed by atoms with Gasteiger partial charge in [0.15, 0.2) is 17.3 Å². The number of hydrogen-bond donors (Lipinski definition) is 2. The lowest BCUT2D eigenvalue weighted by molar-refractivity contribution is -0.116. The summed E-state index contributed by atoms with van der Waals surface area (Å²) in [6, 6.07) is 10.2. The highest BCUT2D eigenvalue weighted by Crippen LogP contribution is 2.47. The summed E-state index contributed by atoms with van der Waals surface area (Å²) in [6.07, 6.45) is 2.37. The van der Waals surface area contributed by atoms with Crippen molar-refractivity contribution in [3.05, 3.63) is 65.1 Å². The van der Waals surface area contributed by atoms with E-state index in [4.69, 9.17) is 14.2 Å². The molecule has 0 fully saturated rings. The zero-order chi connectivity index (χ0) is 23.1. The first-order valence-electron chi connectivity index (χ1n) is 10.6.